The summed E-state index contributed by atoms with van der Waals surface area (Å²) >= 11 is 2.29. The van der Waals surface area contributed by atoms with Gasteiger partial charge in [-0.15, -0.1) is 0 Å². The van der Waals surface area contributed by atoms with Gasteiger partial charge in [0.15, 0.2) is 0 Å². The molecule has 0 aliphatic heterocycles. The molecule has 0 amide bonds. The summed E-state index contributed by atoms with van der Waals surface area (Å²) in [6, 6.07) is 9.71. The molecular weight excluding hydrogens is 237 g/mol. The van der Waals surface area contributed by atoms with Crippen LogP contribution < -0.4 is 0 Å². The van der Waals surface area contributed by atoms with Gasteiger partial charge in [-0.2, -0.15) is 5.26 Å². The van der Waals surface area contributed by atoms with Gasteiger partial charge in [0.2, 0.25) is 0 Å². The average molecular weight is 243 g/mol. The highest BCUT2D eigenvalue weighted by Crippen LogP contribution is 2.06. The highest BCUT2D eigenvalue weighted by Gasteiger charge is 1.89. The summed E-state index contributed by atoms with van der Waals surface area (Å²) in [5.41, 5.74) is 1.99. The summed E-state index contributed by atoms with van der Waals surface area (Å²) in [6.07, 6.45) is 0. The zero-order chi connectivity index (χ0) is 7.40. The molecule has 0 spiro atoms. The highest BCUT2D eigenvalue weighted by atomic mass is 127. The van der Waals surface area contributed by atoms with Crippen molar-refractivity contribution in [1.82, 2.24) is 0 Å². The molecule has 0 fully saturated rings. The predicted molar refractivity (Wildman–Crippen MR) is 48.9 cm³/mol. The minimum Gasteiger partial charge on any atom is -0.192 e. The van der Waals surface area contributed by atoms with Crippen molar-refractivity contribution in [3.05, 3.63) is 35.4 Å². The van der Waals surface area contributed by atoms with Crippen LogP contribution in [0.1, 0.15) is 11.1 Å². The summed E-state index contributed by atoms with van der Waals surface area (Å²) < 4.78 is 1.00. The first-order valence-electron chi connectivity index (χ1n) is 2.92. The van der Waals surface area contributed by atoms with Crippen LogP contribution in [0.15, 0.2) is 24.3 Å². The van der Waals surface area contributed by atoms with Gasteiger partial charge in [-0.3, -0.25) is 0 Å². The Hall–Kier alpha value is -0.560. The van der Waals surface area contributed by atoms with E-state index in [4.69, 9.17) is 5.26 Å². The van der Waals surface area contributed by atoms with Gasteiger partial charge >= 0.3 is 0 Å². The lowest BCUT2D eigenvalue weighted by Gasteiger charge is -1.92. The molecule has 0 bridgehead atoms. The van der Waals surface area contributed by atoms with Crippen LogP contribution in [-0.2, 0) is 4.43 Å². The molecule has 0 saturated heterocycles. The van der Waals surface area contributed by atoms with Crippen LogP contribution in [0, 0.1) is 11.3 Å². The fraction of sp³-hybridized carbons (Fsp3) is 0.125. The third-order valence-corrected chi connectivity index (χ3v) is 2.12. The molecule has 50 valence electrons. The maximum Gasteiger partial charge on any atom is 0.0991 e. The lowest BCUT2D eigenvalue weighted by Crippen LogP contribution is -1.76. The number of nitriles is 1. The first-order valence-corrected chi connectivity index (χ1v) is 4.44. The molecule has 0 saturated carbocycles. The molecular formula is C8H6IN. The normalized spacial score (nSPS) is 8.80. The Balaban J connectivity index is 2.93. The number of nitrogens with zero attached hydrogens (tertiary/aromatic N) is 1. The smallest absolute Gasteiger partial charge is 0.0991 e. The monoisotopic (exact) mass is 243 g/mol. The van der Waals surface area contributed by atoms with Crippen LogP contribution in [0.3, 0.4) is 0 Å². The Morgan fingerprint density at radius 3 is 2.30 bits per heavy atom. The molecule has 2 heteroatoms. The molecule has 10 heavy (non-hydrogen) atoms. The van der Waals surface area contributed by atoms with E-state index >= 15 is 0 Å². The fourth-order valence-electron chi connectivity index (χ4n) is 0.668. The molecule has 1 aromatic rings. The van der Waals surface area contributed by atoms with Gasteiger partial charge in [0.25, 0.3) is 0 Å². The number of rotatable bonds is 1. The van der Waals surface area contributed by atoms with Crippen LogP contribution in [0.4, 0.5) is 0 Å². The number of hydrogen-bond acceptors (Lipinski definition) is 1. The predicted octanol–water partition coefficient (Wildman–Crippen LogP) is 2.49. The van der Waals surface area contributed by atoms with Crippen molar-refractivity contribution >= 4 is 22.6 Å². The number of hydrogen-bond donors (Lipinski definition) is 0. The SMILES string of the molecule is N#Cc1ccc(CI)cc1. The van der Waals surface area contributed by atoms with Crippen LogP contribution in [0.2, 0.25) is 0 Å². The van der Waals surface area contributed by atoms with Gasteiger partial charge in [0.1, 0.15) is 0 Å². The van der Waals surface area contributed by atoms with Gasteiger partial charge in [-0.25, -0.2) is 0 Å². The van der Waals surface area contributed by atoms with E-state index in [1.54, 1.807) is 0 Å². The summed E-state index contributed by atoms with van der Waals surface area (Å²) in [7, 11) is 0. The quantitative estimate of drug-likeness (QED) is 0.549. The Morgan fingerprint density at radius 1 is 1.30 bits per heavy atom. The summed E-state index contributed by atoms with van der Waals surface area (Å²) in [4.78, 5) is 0. The van der Waals surface area contributed by atoms with E-state index in [0.717, 1.165) is 9.99 Å². The van der Waals surface area contributed by atoms with Crippen molar-refractivity contribution in [1.29, 1.82) is 5.26 Å². The maximum absolute atomic E-state index is 8.45. The second-order valence-electron chi connectivity index (χ2n) is 1.94. The van der Waals surface area contributed by atoms with Crippen molar-refractivity contribution in [2.24, 2.45) is 0 Å². The second-order valence-corrected chi connectivity index (χ2v) is 2.71. The molecule has 0 radical (unpaired) electrons. The van der Waals surface area contributed by atoms with E-state index < -0.39 is 0 Å². The van der Waals surface area contributed by atoms with Crippen LogP contribution in [0.5, 0.6) is 0 Å². The van der Waals surface area contributed by atoms with E-state index in [-0.39, 0.29) is 0 Å². The summed E-state index contributed by atoms with van der Waals surface area (Å²) in [5, 5.41) is 8.45. The fourth-order valence-corrected chi connectivity index (χ4v) is 1.18. The highest BCUT2D eigenvalue weighted by molar-refractivity contribution is 14.1. The number of benzene rings is 1. The lowest BCUT2D eigenvalue weighted by atomic mass is 10.2. The van der Waals surface area contributed by atoms with E-state index in [1.807, 2.05) is 24.3 Å². The van der Waals surface area contributed by atoms with Gasteiger partial charge in [-0.1, -0.05) is 34.7 Å². The summed E-state index contributed by atoms with van der Waals surface area (Å²) in [5.74, 6) is 0. The topological polar surface area (TPSA) is 23.8 Å². The van der Waals surface area contributed by atoms with Crippen LogP contribution in [0.25, 0.3) is 0 Å². The Bertz CT molecular complexity index is 245. The molecule has 0 unspecified atom stereocenters. The zero-order valence-corrected chi connectivity index (χ0v) is 7.50. The number of halogens is 1. The molecule has 1 rings (SSSR count). The Labute approximate surface area is 73.8 Å². The largest absolute Gasteiger partial charge is 0.192 e. The van der Waals surface area contributed by atoms with E-state index in [0.29, 0.717) is 0 Å². The van der Waals surface area contributed by atoms with Crippen LogP contribution >= 0.6 is 22.6 Å². The van der Waals surface area contributed by atoms with Crippen molar-refractivity contribution in [2.75, 3.05) is 0 Å². The van der Waals surface area contributed by atoms with Crippen molar-refractivity contribution < 1.29 is 0 Å². The first-order chi connectivity index (χ1) is 4.86. The van der Waals surface area contributed by atoms with E-state index in [2.05, 4.69) is 28.7 Å². The molecule has 0 aromatic heterocycles. The van der Waals surface area contributed by atoms with Gasteiger partial charge in [0, 0.05) is 4.43 Å². The minimum atomic E-state index is 0.730. The van der Waals surface area contributed by atoms with Crippen molar-refractivity contribution in [2.45, 2.75) is 4.43 Å². The van der Waals surface area contributed by atoms with Gasteiger partial charge in [-0.05, 0) is 17.7 Å². The van der Waals surface area contributed by atoms with Crippen molar-refractivity contribution in [3.8, 4) is 6.07 Å². The minimum absolute atomic E-state index is 0.730. The third kappa shape index (κ3) is 1.71. The Morgan fingerprint density at radius 2 is 1.90 bits per heavy atom. The third-order valence-electron chi connectivity index (χ3n) is 1.24. The summed E-state index contributed by atoms with van der Waals surface area (Å²) in [6.45, 7) is 0. The van der Waals surface area contributed by atoms with E-state index in [9.17, 15) is 0 Å². The van der Waals surface area contributed by atoms with Crippen molar-refractivity contribution in [3.63, 3.8) is 0 Å². The lowest BCUT2D eigenvalue weighted by molar-refractivity contribution is 1.42. The maximum atomic E-state index is 8.45. The molecule has 0 atom stereocenters. The van der Waals surface area contributed by atoms with Gasteiger partial charge < -0.3 is 0 Å². The molecule has 0 heterocycles. The van der Waals surface area contributed by atoms with Crippen LogP contribution in [-0.4, -0.2) is 0 Å². The molecule has 1 nitrogen and oxygen atoms in total. The molecule has 0 aliphatic rings. The standard InChI is InChI=1S/C8H6IN/c9-5-7-1-3-8(6-10)4-2-7/h1-4H,5H2. The first kappa shape index (κ1) is 7.55. The molecule has 0 N–H and O–H groups in total. The number of alkyl halides is 1. The molecule has 1 aromatic carbocycles. The zero-order valence-electron chi connectivity index (χ0n) is 5.34. The Kier molecular flexibility index (Phi) is 2.69. The second kappa shape index (κ2) is 3.57. The molecule has 0 aliphatic carbocycles. The average Bonchev–Trinajstić information content (AvgIpc) is 2.05. The van der Waals surface area contributed by atoms with Gasteiger partial charge in [0.05, 0.1) is 11.6 Å². The van der Waals surface area contributed by atoms with E-state index in [1.165, 1.54) is 5.56 Å².